The van der Waals surface area contributed by atoms with Gasteiger partial charge in [0.2, 0.25) is 5.91 Å². The van der Waals surface area contributed by atoms with E-state index in [-0.39, 0.29) is 5.91 Å². The smallest absolute Gasteiger partial charge is 0.234 e. The van der Waals surface area contributed by atoms with E-state index in [2.05, 4.69) is 16.5 Å². The first-order valence-corrected chi connectivity index (χ1v) is 8.66. The fourth-order valence-corrected chi connectivity index (χ4v) is 4.02. The summed E-state index contributed by atoms with van der Waals surface area (Å²) in [5.41, 5.74) is 5.87. The van der Waals surface area contributed by atoms with E-state index in [1.807, 2.05) is 11.8 Å². The zero-order chi connectivity index (χ0) is 13.7. The maximum absolute atomic E-state index is 12.0. The van der Waals surface area contributed by atoms with Crippen molar-refractivity contribution in [3.63, 3.8) is 0 Å². The van der Waals surface area contributed by atoms with Crippen LogP contribution in [0.15, 0.2) is 0 Å². The van der Waals surface area contributed by atoms with Crippen LogP contribution in [0.1, 0.15) is 38.5 Å². The summed E-state index contributed by atoms with van der Waals surface area (Å²) in [6, 6.07) is 0.331. The monoisotopic (exact) mass is 285 g/mol. The third kappa shape index (κ3) is 4.36. The number of nitrogens with zero attached hydrogens (tertiary/aromatic N) is 1. The topological polar surface area (TPSA) is 58.4 Å². The molecule has 3 N–H and O–H groups in total. The van der Waals surface area contributed by atoms with Gasteiger partial charge in [0.05, 0.1) is 6.54 Å². The highest BCUT2D eigenvalue weighted by atomic mass is 32.2. The number of carbonyl (C=O) groups excluding carboxylic acids is 1. The molecule has 1 saturated heterocycles. The lowest BCUT2D eigenvalue weighted by Crippen LogP contribution is -2.46. The third-order valence-corrected chi connectivity index (χ3v) is 5.97. The first kappa shape index (κ1) is 15.1. The lowest BCUT2D eigenvalue weighted by molar-refractivity contribution is -0.122. The van der Waals surface area contributed by atoms with E-state index in [0.717, 1.165) is 32.5 Å². The van der Waals surface area contributed by atoms with Gasteiger partial charge in [0.25, 0.3) is 0 Å². The molecule has 0 spiro atoms. The molecule has 1 aliphatic heterocycles. The van der Waals surface area contributed by atoms with Crippen molar-refractivity contribution < 1.29 is 4.79 Å². The van der Waals surface area contributed by atoms with Crippen molar-refractivity contribution in [2.45, 2.75) is 49.3 Å². The quantitative estimate of drug-likeness (QED) is 0.797. The van der Waals surface area contributed by atoms with Crippen LogP contribution in [0.2, 0.25) is 0 Å². The Hall–Kier alpha value is -0.260. The van der Waals surface area contributed by atoms with Crippen molar-refractivity contribution in [2.24, 2.45) is 5.73 Å². The van der Waals surface area contributed by atoms with Gasteiger partial charge in [-0.25, -0.2) is 0 Å². The first-order valence-electron chi connectivity index (χ1n) is 7.43. The second kappa shape index (κ2) is 6.95. The van der Waals surface area contributed by atoms with Crippen molar-refractivity contribution >= 4 is 17.7 Å². The Labute approximate surface area is 120 Å². The molecule has 19 heavy (non-hydrogen) atoms. The van der Waals surface area contributed by atoms with Crippen molar-refractivity contribution in [1.29, 1.82) is 0 Å². The second-order valence-corrected chi connectivity index (χ2v) is 7.26. The molecular weight excluding hydrogens is 258 g/mol. The van der Waals surface area contributed by atoms with Crippen LogP contribution in [0.25, 0.3) is 0 Å². The Morgan fingerprint density at radius 3 is 2.58 bits per heavy atom. The Morgan fingerprint density at radius 1 is 1.37 bits per heavy atom. The molecule has 0 aromatic carbocycles. The van der Waals surface area contributed by atoms with Gasteiger partial charge < -0.3 is 11.1 Å². The van der Waals surface area contributed by atoms with E-state index in [9.17, 15) is 4.79 Å². The molecule has 2 fully saturated rings. The average molecular weight is 285 g/mol. The van der Waals surface area contributed by atoms with Gasteiger partial charge in [-0.3, -0.25) is 9.69 Å². The molecule has 1 heterocycles. The summed E-state index contributed by atoms with van der Waals surface area (Å²) >= 11 is 1.92. The number of amides is 1. The number of likely N-dealkylation sites (tertiary alicyclic amines) is 1. The molecule has 0 atom stereocenters. The number of nitrogens with one attached hydrogen (secondary N) is 1. The van der Waals surface area contributed by atoms with Gasteiger partial charge >= 0.3 is 0 Å². The number of carbonyl (C=O) groups is 1. The fourth-order valence-electron chi connectivity index (χ4n) is 3.10. The number of hydrogen-bond donors (Lipinski definition) is 2. The highest BCUT2D eigenvalue weighted by Gasteiger charge is 2.33. The van der Waals surface area contributed by atoms with Crippen LogP contribution in [0.4, 0.5) is 0 Å². The Kier molecular flexibility index (Phi) is 5.54. The van der Waals surface area contributed by atoms with Crippen LogP contribution < -0.4 is 11.1 Å². The maximum atomic E-state index is 12.0. The summed E-state index contributed by atoms with van der Waals surface area (Å²) in [6.07, 6.45) is 9.30. The van der Waals surface area contributed by atoms with E-state index in [1.54, 1.807) is 0 Å². The van der Waals surface area contributed by atoms with Crippen LogP contribution >= 0.6 is 11.8 Å². The molecule has 5 heteroatoms. The van der Waals surface area contributed by atoms with E-state index in [4.69, 9.17) is 5.73 Å². The number of hydrogen-bond acceptors (Lipinski definition) is 4. The van der Waals surface area contributed by atoms with Crippen molar-refractivity contribution in [2.75, 3.05) is 32.4 Å². The minimum atomic E-state index is 0.177. The predicted molar refractivity (Wildman–Crippen MR) is 81.4 cm³/mol. The van der Waals surface area contributed by atoms with Gasteiger partial charge in [-0.1, -0.05) is 12.8 Å². The predicted octanol–water partition coefficient (Wildman–Crippen LogP) is 1.20. The van der Waals surface area contributed by atoms with E-state index < -0.39 is 0 Å². The van der Waals surface area contributed by atoms with Gasteiger partial charge in [-0.15, -0.1) is 0 Å². The number of rotatable bonds is 5. The summed E-state index contributed by atoms with van der Waals surface area (Å²) in [6.45, 7) is 3.29. The SMILES string of the molecule is CSC1(CNC(=O)CN2CCC(N)CC2)CCCC1. The van der Waals surface area contributed by atoms with Crippen molar-refractivity contribution in [1.82, 2.24) is 10.2 Å². The maximum Gasteiger partial charge on any atom is 0.234 e. The molecular formula is C14H27N3OS. The summed E-state index contributed by atoms with van der Waals surface area (Å²) < 4.78 is 0.305. The van der Waals surface area contributed by atoms with E-state index in [1.165, 1.54) is 25.7 Å². The number of thioether (sulfide) groups is 1. The van der Waals surface area contributed by atoms with Gasteiger partial charge in [-0.2, -0.15) is 11.8 Å². The molecule has 0 unspecified atom stereocenters. The van der Waals surface area contributed by atoms with Crippen LogP contribution in [0.3, 0.4) is 0 Å². The molecule has 110 valence electrons. The van der Waals surface area contributed by atoms with Crippen LogP contribution in [0, 0.1) is 0 Å². The molecule has 0 radical (unpaired) electrons. The molecule has 0 bridgehead atoms. The zero-order valence-electron chi connectivity index (χ0n) is 12.0. The first-order chi connectivity index (χ1) is 9.13. The van der Waals surface area contributed by atoms with Crippen LogP contribution in [0.5, 0.6) is 0 Å². The summed E-state index contributed by atoms with van der Waals surface area (Å²) in [5.74, 6) is 0.177. The Bertz CT molecular complexity index is 297. The number of nitrogens with two attached hydrogens (primary N) is 1. The fraction of sp³-hybridized carbons (Fsp3) is 0.929. The average Bonchev–Trinajstić information content (AvgIpc) is 2.89. The second-order valence-electron chi connectivity index (χ2n) is 5.98. The molecule has 1 aliphatic carbocycles. The lowest BCUT2D eigenvalue weighted by atomic mass is 10.1. The number of piperidine rings is 1. The van der Waals surface area contributed by atoms with E-state index in [0.29, 0.717) is 17.3 Å². The largest absolute Gasteiger partial charge is 0.354 e. The summed E-state index contributed by atoms with van der Waals surface area (Å²) in [7, 11) is 0. The normalized spacial score (nSPS) is 24.5. The summed E-state index contributed by atoms with van der Waals surface area (Å²) in [5, 5.41) is 3.14. The summed E-state index contributed by atoms with van der Waals surface area (Å²) in [4.78, 5) is 14.2. The molecule has 2 rings (SSSR count). The minimum Gasteiger partial charge on any atom is -0.354 e. The molecule has 2 aliphatic rings. The van der Waals surface area contributed by atoms with Gasteiger partial charge in [0.15, 0.2) is 0 Å². The van der Waals surface area contributed by atoms with Crippen molar-refractivity contribution in [3.8, 4) is 0 Å². The van der Waals surface area contributed by atoms with E-state index >= 15 is 0 Å². The minimum absolute atomic E-state index is 0.177. The molecule has 1 amide bonds. The Balaban J connectivity index is 1.69. The van der Waals surface area contributed by atoms with Gasteiger partial charge in [0.1, 0.15) is 0 Å². The van der Waals surface area contributed by atoms with Gasteiger partial charge in [0, 0.05) is 30.4 Å². The lowest BCUT2D eigenvalue weighted by Gasteiger charge is -2.31. The Morgan fingerprint density at radius 2 is 2.00 bits per heavy atom. The molecule has 0 aromatic rings. The highest BCUT2D eigenvalue weighted by molar-refractivity contribution is 8.00. The standard InChI is InChI=1S/C14H27N3OS/c1-19-14(6-2-3-7-14)11-16-13(18)10-17-8-4-12(15)5-9-17/h12H,2-11,15H2,1H3,(H,16,18). The third-order valence-electron chi connectivity index (χ3n) is 4.55. The van der Waals surface area contributed by atoms with Crippen LogP contribution in [-0.4, -0.2) is 54.0 Å². The van der Waals surface area contributed by atoms with Crippen molar-refractivity contribution in [3.05, 3.63) is 0 Å². The zero-order valence-corrected chi connectivity index (χ0v) is 12.8. The highest BCUT2D eigenvalue weighted by Crippen LogP contribution is 2.39. The van der Waals surface area contributed by atoms with Gasteiger partial charge in [-0.05, 0) is 31.9 Å². The van der Waals surface area contributed by atoms with Crippen LogP contribution in [-0.2, 0) is 4.79 Å². The molecule has 0 aromatic heterocycles. The molecule has 1 saturated carbocycles. The molecule has 4 nitrogen and oxygen atoms in total.